The van der Waals surface area contributed by atoms with Crippen molar-refractivity contribution in [3.8, 4) is 16.3 Å². The number of furan rings is 1. The number of aryl methyl sites for hydroxylation is 2. The number of hydrogen-bond donors (Lipinski definition) is 0. The lowest BCUT2D eigenvalue weighted by atomic mass is 10.2. The largest absolute Gasteiger partial charge is 0.494 e. The molecule has 0 unspecified atom stereocenters. The van der Waals surface area contributed by atoms with E-state index in [1.165, 1.54) is 11.3 Å². The highest BCUT2D eigenvalue weighted by atomic mass is 32.1. The Morgan fingerprint density at radius 3 is 2.54 bits per heavy atom. The molecule has 0 saturated heterocycles. The first-order valence-electron chi connectivity index (χ1n) is 8.49. The molecule has 26 heavy (non-hydrogen) atoms. The molecule has 0 radical (unpaired) electrons. The first-order chi connectivity index (χ1) is 12.5. The number of nitrogens with zero attached hydrogens (tertiary/aromatic N) is 2. The second kappa shape index (κ2) is 7.74. The molecule has 2 heterocycles. The molecule has 0 spiro atoms. The first kappa shape index (κ1) is 18.2. The lowest BCUT2D eigenvalue weighted by Crippen LogP contribution is -2.25. The van der Waals surface area contributed by atoms with Gasteiger partial charge in [-0.2, -0.15) is 0 Å². The van der Waals surface area contributed by atoms with Gasteiger partial charge >= 0.3 is 0 Å². The van der Waals surface area contributed by atoms with Crippen molar-refractivity contribution in [2.24, 2.45) is 0 Å². The molecule has 0 N–H and O–H groups in total. The molecule has 2 aromatic heterocycles. The van der Waals surface area contributed by atoms with Gasteiger partial charge < -0.3 is 14.1 Å². The molecule has 136 valence electrons. The van der Waals surface area contributed by atoms with E-state index >= 15 is 0 Å². The van der Waals surface area contributed by atoms with Gasteiger partial charge in [0.2, 0.25) is 0 Å². The van der Waals surface area contributed by atoms with Gasteiger partial charge in [0.05, 0.1) is 18.8 Å². The van der Waals surface area contributed by atoms with Crippen LogP contribution in [0.15, 0.2) is 40.8 Å². The van der Waals surface area contributed by atoms with Crippen LogP contribution >= 0.6 is 11.3 Å². The van der Waals surface area contributed by atoms with Crippen LogP contribution in [0.25, 0.3) is 10.6 Å². The number of ether oxygens (including phenoxy) is 1. The maximum atomic E-state index is 12.8. The van der Waals surface area contributed by atoms with Crippen LogP contribution in [0, 0.1) is 13.8 Å². The molecule has 0 fully saturated rings. The Bertz CT molecular complexity index is 896. The van der Waals surface area contributed by atoms with E-state index in [2.05, 4.69) is 4.98 Å². The average molecular weight is 370 g/mol. The molecule has 0 aliphatic carbocycles. The van der Waals surface area contributed by atoms with Gasteiger partial charge in [0.15, 0.2) is 0 Å². The summed E-state index contributed by atoms with van der Waals surface area (Å²) in [5.41, 5.74) is 1.72. The summed E-state index contributed by atoms with van der Waals surface area (Å²) in [6, 6.07) is 11.6. The van der Waals surface area contributed by atoms with Crippen LogP contribution in [0.3, 0.4) is 0 Å². The van der Waals surface area contributed by atoms with Crippen LogP contribution in [0.1, 0.15) is 33.8 Å². The van der Waals surface area contributed by atoms with Gasteiger partial charge in [-0.05, 0) is 57.2 Å². The van der Waals surface area contributed by atoms with E-state index in [0.717, 1.165) is 33.5 Å². The predicted molar refractivity (Wildman–Crippen MR) is 103 cm³/mol. The number of amides is 1. The number of carbonyl (C=O) groups is 1. The molecule has 3 aromatic rings. The lowest BCUT2D eigenvalue weighted by Gasteiger charge is -2.14. The average Bonchev–Trinajstić information content (AvgIpc) is 3.21. The summed E-state index contributed by atoms with van der Waals surface area (Å²) in [6.45, 7) is 6.78. The summed E-state index contributed by atoms with van der Waals surface area (Å²) >= 11 is 1.41. The summed E-state index contributed by atoms with van der Waals surface area (Å²) in [5.74, 6) is 2.39. The molecule has 1 aromatic carbocycles. The van der Waals surface area contributed by atoms with Crippen molar-refractivity contribution in [2.75, 3.05) is 13.7 Å². The highest BCUT2D eigenvalue weighted by Gasteiger charge is 2.20. The van der Waals surface area contributed by atoms with Crippen LogP contribution in [0.2, 0.25) is 0 Å². The molecule has 3 rings (SSSR count). The van der Waals surface area contributed by atoms with Gasteiger partial charge in [0, 0.05) is 12.6 Å². The second-order valence-corrected chi connectivity index (χ2v) is 7.06. The number of carbonyl (C=O) groups excluding carboxylic acids is 1. The smallest absolute Gasteiger partial charge is 0.266 e. The summed E-state index contributed by atoms with van der Waals surface area (Å²) < 4.78 is 11.0. The molecule has 0 aliphatic heterocycles. The second-order valence-electron chi connectivity index (χ2n) is 6.06. The highest BCUT2D eigenvalue weighted by Crippen LogP contribution is 2.30. The lowest BCUT2D eigenvalue weighted by molar-refractivity contribution is 0.0779. The number of hydrogen-bond acceptors (Lipinski definition) is 5. The summed E-state index contributed by atoms with van der Waals surface area (Å²) in [4.78, 5) is 19.7. The topological polar surface area (TPSA) is 55.6 Å². The summed E-state index contributed by atoms with van der Waals surface area (Å²) in [7, 11) is 1.77. The molecule has 0 bridgehead atoms. The van der Waals surface area contributed by atoms with E-state index in [0.29, 0.717) is 18.0 Å². The Balaban J connectivity index is 1.77. The van der Waals surface area contributed by atoms with Crippen molar-refractivity contribution in [2.45, 2.75) is 27.3 Å². The Morgan fingerprint density at radius 1 is 1.19 bits per heavy atom. The molecule has 6 heteroatoms. The van der Waals surface area contributed by atoms with Crippen LogP contribution in [0.5, 0.6) is 5.75 Å². The van der Waals surface area contributed by atoms with Gasteiger partial charge in [-0.1, -0.05) is 0 Å². The van der Waals surface area contributed by atoms with Crippen molar-refractivity contribution in [3.63, 3.8) is 0 Å². The number of rotatable bonds is 6. The van der Waals surface area contributed by atoms with Crippen LogP contribution in [0.4, 0.5) is 0 Å². The molecule has 0 saturated carbocycles. The Morgan fingerprint density at radius 2 is 1.92 bits per heavy atom. The van der Waals surface area contributed by atoms with E-state index in [1.807, 2.05) is 57.2 Å². The molecule has 0 atom stereocenters. The zero-order valence-electron chi connectivity index (χ0n) is 15.4. The molecule has 5 nitrogen and oxygen atoms in total. The monoisotopic (exact) mass is 370 g/mol. The van der Waals surface area contributed by atoms with Crippen LogP contribution in [-0.4, -0.2) is 29.4 Å². The minimum atomic E-state index is -0.0498. The minimum absolute atomic E-state index is 0.0498. The van der Waals surface area contributed by atoms with E-state index in [9.17, 15) is 4.79 Å². The molecular formula is C20H22N2O3S. The van der Waals surface area contributed by atoms with Crippen molar-refractivity contribution < 1.29 is 13.9 Å². The van der Waals surface area contributed by atoms with Gasteiger partial charge in [-0.25, -0.2) is 4.98 Å². The van der Waals surface area contributed by atoms with Gasteiger partial charge in [-0.3, -0.25) is 4.79 Å². The summed E-state index contributed by atoms with van der Waals surface area (Å²) in [5, 5.41) is 0.830. The number of benzene rings is 1. The van der Waals surface area contributed by atoms with Crippen LogP contribution < -0.4 is 4.74 Å². The van der Waals surface area contributed by atoms with Gasteiger partial charge in [-0.15, -0.1) is 11.3 Å². The minimum Gasteiger partial charge on any atom is -0.494 e. The fourth-order valence-corrected chi connectivity index (χ4v) is 3.69. The van der Waals surface area contributed by atoms with Crippen molar-refractivity contribution >= 4 is 17.2 Å². The molecule has 0 aliphatic rings. The third kappa shape index (κ3) is 3.96. The number of aromatic nitrogens is 1. The maximum absolute atomic E-state index is 12.8. The van der Waals surface area contributed by atoms with E-state index in [4.69, 9.17) is 9.15 Å². The zero-order chi connectivity index (χ0) is 18.7. The van der Waals surface area contributed by atoms with E-state index < -0.39 is 0 Å². The Hall–Kier alpha value is -2.60. The maximum Gasteiger partial charge on any atom is 0.266 e. The molecular weight excluding hydrogens is 348 g/mol. The quantitative estimate of drug-likeness (QED) is 0.632. The number of thiazole rings is 1. The predicted octanol–water partition coefficient (Wildman–Crippen LogP) is 4.69. The first-order valence-corrected chi connectivity index (χ1v) is 9.31. The van der Waals surface area contributed by atoms with Gasteiger partial charge in [0.1, 0.15) is 27.2 Å². The summed E-state index contributed by atoms with van der Waals surface area (Å²) in [6.07, 6.45) is 0. The van der Waals surface area contributed by atoms with E-state index in [1.54, 1.807) is 11.9 Å². The van der Waals surface area contributed by atoms with Crippen molar-refractivity contribution in [1.29, 1.82) is 0 Å². The third-order valence-electron chi connectivity index (χ3n) is 3.94. The standard InChI is InChI=1S/C20H22N2O3S/c1-5-24-16-10-7-15(8-11-16)19-21-14(3)18(26-19)20(23)22(4)12-17-9-6-13(2)25-17/h6-11H,5,12H2,1-4H3. The highest BCUT2D eigenvalue weighted by molar-refractivity contribution is 7.17. The fraction of sp³-hybridized carbons (Fsp3) is 0.300. The zero-order valence-corrected chi connectivity index (χ0v) is 16.2. The third-order valence-corrected chi connectivity index (χ3v) is 5.13. The van der Waals surface area contributed by atoms with E-state index in [-0.39, 0.29) is 5.91 Å². The Labute approximate surface area is 157 Å². The fourth-order valence-electron chi connectivity index (χ4n) is 2.63. The van der Waals surface area contributed by atoms with Gasteiger partial charge in [0.25, 0.3) is 5.91 Å². The normalized spacial score (nSPS) is 10.8. The molecule has 1 amide bonds. The Kier molecular flexibility index (Phi) is 5.42. The van der Waals surface area contributed by atoms with Crippen molar-refractivity contribution in [3.05, 3.63) is 58.5 Å². The SMILES string of the molecule is CCOc1ccc(-c2nc(C)c(C(=O)N(C)Cc3ccc(C)o3)s2)cc1. The van der Waals surface area contributed by atoms with Crippen molar-refractivity contribution in [1.82, 2.24) is 9.88 Å². The van der Waals surface area contributed by atoms with Crippen LogP contribution in [-0.2, 0) is 6.54 Å².